The van der Waals surface area contributed by atoms with E-state index < -0.39 is 5.76 Å². The number of carbonyl (C=O) groups excluding carboxylic acids is 1. The Morgan fingerprint density at radius 1 is 1.33 bits per heavy atom. The highest BCUT2D eigenvalue weighted by Crippen LogP contribution is 2.28. The second-order valence-corrected chi connectivity index (χ2v) is 4.96. The molecule has 0 radical (unpaired) electrons. The van der Waals surface area contributed by atoms with Crippen LogP contribution in [0.15, 0.2) is 27.4 Å². The number of carbonyl (C=O) groups is 1. The molecule has 0 bridgehead atoms. The average Bonchev–Trinajstić information content (AvgIpc) is 2.98. The van der Waals surface area contributed by atoms with Gasteiger partial charge in [0.05, 0.1) is 5.52 Å². The van der Waals surface area contributed by atoms with Gasteiger partial charge in [-0.05, 0) is 31.0 Å². The molecular weight excluding hydrogens is 230 g/mol. The summed E-state index contributed by atoms with van der Waals surface area (Å²) in [6.45, 7) is 0. The number of Topliss-reactive ketones (excluding diaryl/α,β-unsaturated/α-hetero) is 1. The molecule has 0 saturated heterocycles. The van der Waals surface area contributed by atoms with Crippen molar-refractivity contribution in [1.82, 2.24) is 4.57 Å². The smallest absolute Gasteiger partial charge is 0.408 e. The van der Waals surface area contributed by atoms with E-state index in [-0.39, 0.29) is 11.7 Å². The molecule has 4 heteroatoms. The monoisotopic (exact) mass is 245 g/mol. The molecule has 4 nitrogen and oxygen atoms in total. The summed E-state index contributed by atoms with van der Waals surface area (Å²) in [5.41, 5.74) is 1.87. The van der Waals surface area contributed by atoms with E-state index in [4.69, 9.17) is 4.42 Å². The van der Waals surface area contributed by atoms with E-state index in [1.807, 2.05) is 0 Å². The molecule has 0 aliphatic heterocycles. The number of nitrogens with zero attached hydrogens (tertiary/aromatic N) is 1. The summed E-state index contributed by atoms with van der Waals surface area (Å²) in [5, 5.41) is 0. The summed E-state index contributed by atoms with van der Waals surface area (Å²) >= 11 is 0. The Labute approximate surface area is 104 Å². The molecule has 94 valence electrons. The summed E-state index contributed by atoms with van der Waals surface area (Å²) in [6.07, 6.45) is 4.24. The quantitative estimate of drug-likeness (QED) is 0.764. The molecule has 3 rings (SSSR count). The zero-order chi connectivity index (χ0) is 12.7. The molecule has 1 saturated carbocycles. The topological polar surface area (TPSA) is 52.2 Å². The van der Waals surface area contributed by atoms with Crippen LogP contribution in [0.25, 0.3) is 11.1 Å². The Kier molecular flexibility index (Phi) is 2.58. The van der Waals surface area contributed by atoms with Crippen LogP contribution < -0.4 is 5.76 Å². The minimum absolute atomic E-state index is 0.151. The van der Waals surface area contributed by atoms with Gasteiger partial charge in [0.2, 0.25) is 0 Å². The first-order chi connectivity index (χ1) is 8.66. The number of oxazole rings is 1. The molecule has 1 aromatic carbocycles. The number of hydrogen-bond donors (Lipinski definition) is 0. The van der Waals surface area contributed by atoms with Crippen molar-refractivity contribution < 1.29 is 9.21 Å². The molecule has 0 N–H and O–H groups in total. The Bertz CT molecular complexity index is 659. The largest absolute Gasteiger partial charge is 0.419 e. The van der Waals surface area contributed by atoms with E-state index in [9.17, 15) is 9.59 Å². The van der Waals surface area contributed by atoms with E-state index in [1.165, 1.54) is 4.57 Å². The van der Waals surface area contributed by atoms with Crippen LogP contribution in [0, 0.1) is 5.92 Å². The predicted octanol–water partition coefficient (Wildman–Crippen LogP) is 2.50. The van der Waals surface area contributed by atoms with Gasteiger partial charge in [-0.25, -0.2) is 4.79 Å². The van der Waals surface area contributed by atoms with Crippen LogP contribution in [0.1, 0.15) is 36.0 Å². The lowest BCUT2D eigenvalue weighted by atomic mass is 9.96. The Balaban J connectivity index is 2.02. The normalized spacial score (nSPS) is 16.5. The summed E-state index contributed by atoms with van der Waals surface area (Å²) in [4.78, 5) is 23.6. The van der Waals surface area contributed by atoms with Gasteiger partial charge in [0.15, 0.2) is 11.4 Å². The lowest BCUT2D eigenvalue weighted by Gasteiger charge is -2.07. The summed E-state index contributed by atoms with van der Waals surface area (Å²) in [5.74, 6) is -0.0609. The third-order valence-corrected chi connectivity index (χ3v) is 3.80. The second kappa shape index (κ2) is 4.12. The van der Waals surface area contributed by atoms with Crippen molar-refractivity contribution in [3.8, 4) is 0 Å². The molecule has 0 atom stereocenters. The zero-order valence-corrected chi connectivity index (χ0v) is 10.3. The standard InChI is InChI=1S/C14H15NO3/c1-15-11-7-6-10(8-12(11)18-14(15)17)13(16)9-4-2-3-5-9/h6-9H,2-5H2,1H3. The van der Waals surface area contributed by atoms with E-state index in [2.05, 4.69) is 0 Å². The molecule has 1 fully saturated rings. The maximum atomic E-state index is 12.3. The molecule has 1 heterocycles. The fourth-order valence-corrected chi connectivity index (χ4v) is 2.71. The number of hydrogen-bond acceptors (Lipinski definition) is 3. The van der Waals surface area contributed by atoms with Crippen molar-refractivity contribution in [2.45, 2.75) is 25.7 Å². The van der Waals surface area contributed by atoms with Crippen molar-refractivity contribution in [2.24, 2.45) is 13.0 Å². The van der Waals surface area contributed by atoms with E-state index >= 15 is 0 Å². The SMILES string of the molecule is Cn1c(=O)oc2cc(C(=O)C3CCCC3)ccc21. The van der Waals surface area contributed by atoms with E-state index in [1.54, 1.807) is 25.2 Å². The summed E-state index contributed by atoms with van der Waals surface area (Å²) in [7, 11) is 1.66. The molecule has 2 aromatic rings. The van der Waals surface area contributed by atoms with Crippen molar-refractivity contribution in [2.75, 3.05) is 0 Å². The highest BCUT2D eigenvalue weighted by molar-refractivity contribution is 6.00. The number of rotatable bonds is 2. The Morgan fingerprint density at radius 3 is 2.78 bits per heavy atom. The fraction of sp³-hybridized carbons (Fsp3) is 0.429. The van der Waals surface area contributed by atoms with Gasteiger partial charge < -0.3 is 4.42 Å². The average molecular weight is 245 g/mol. The molecule has 18 heavy (non-hydrogen) atoms. The highest BCUT2D eigenvalue weighted by Gasteiger charge is 2.24. The number of fused-ring (bicyclic) bond motifs is 1. The number of ketones is 1. The summed E-state index contributed by atoms with van der Waals surface area (Å²) in [6, 6.07) is 5.26. The van der Waals surface area contributed by atoms with Crippen molar-refractivity contribution >= 4 is 16.9 Å². The van der Waals surface area contributed by atoms with Crippen LogP contribution in [-0.4, -0.2) is 10.4 Å². The molecule has 1 aromatic heterocycles. The van der Waals surface area contributed by atoms with E-state index in [0.29, 0.717) is 11.1 Å². The van der Waals surface area contributed by atoms with Crippen molar-refractivity contribution in [3.63, 3.8) is 0 Å². The van der Waals surface area contributed by atoms with Gasteiger partial charge in [-0.15, -0.1) is 0 Å². The first-order valence-corrected chi connectivity index (χ1v) is 6.30. The summed E-state index contributed by atoms with van der Waals surface area (Å²) < 4.78 is 6.55. The number of aryl methyl sites for hydroxylation is 1. The minimum atomic E-state index is -0.393. The van der Waals surface area contributed by atoms with Crippen LogP contribution in [0.3, 0.4) is 0 Å². The van der Waals surface area contributed by atoms with Gasteiger partial charge in [-0.1, -0.05) is 12.8 Å². The molecule has 0 amide bonds. The van der Waals surface area contributed by atoms with Crippen LogP contribution >= 0.6 is 0 Å². The molecule has 1 aliphatic rings. The lowest BCUT2D eigenvalue weighted by Crippen LogP contribution is -2.10. The molecule has 1 aliphatic carbocycles. The molecular formula is C14H15NO3. The highest BCUT2D eigenvalue weighted by atomic mass is 16.4. The van der Waals surface area contributed by atoms with Crippen molar-refractivity contribution in [3.05, 3.63) is 34.3 Å². The van der Waals surface area contributed by atoms with Crippen LogP contribution in [0.2, 0.25) is 0 Å². The van der Waals surface area contributed by atoms with Gasteiger partial charge in [0.25, 0.3) is 0 Å². The number of aromatic nitrogens is 1. The van der Waals surface area contributed by atoms with E-state index in [0.717, 1.165) is 31.2 Å². The maximum absolute atomic E-state index is 12.3. The lowest BCUT2D eigenvalue weighted by molar-refractivity contribution is 0.0923. The Morgan fingerprint density at radius 2 is 2.06 bits per heavy atom. The minimum Gasteiger partial charge on any atom is -0.408 e. The van der Waals surface area contributed by atoms with Gasteiger partial charge in [-0.3, -0.25) is 9.36 Å². The first kappa shape index (κ1) is 11.3. The van der Waals surface area contributed by atoms with Gasteiger partial charge >= 0.3 is 5.76 Å². The molecule has 0 unspecified atom stereocenters. The first-order valence-electron chi connectivity index (χ1n) is 6.30. The van der Waals surface area contributed by atoms with Gasteiger partial charge in [0, 0.05) is 18.5 Å². The van der Waals surface area contributed by atoms with Crippen molar-refractivity contribution in [1.29, 1.82) is 0 Å². The third kappa shape index (κ3) is 1.68. The van der Waals surface area contributed by atoms with Crippen LogP contribution in [0.5, 0.6) is 0 Å². The van der Waals surface area contributed by atoms with Crippen LogP contribution in [0.4, 0.5) is 0 Å². The second-order valence-electron chi connectivity index (χ2n) is 4.96. The molecule has 0 spiro atoms. The fourth-order valence-electron chi connectivity index (χ4n) is 2.71. The maximum Gasteiger partial charge on any atom is 0.419 e. The van der Waals surface area contributed by atoms with Gasteiger partial charge in [-0.2, -0.15) is 0 Å². The third-order valence-electron chi connectivity index (χ3n) is 3.80. The number of benzene rings is 1. The Hall–Kier alpha value is -1.84. The zero-order valence-electron chi connectivity index (χ0n) is 10.3. The van der Waals surface area contributed by atoms with Crippen LogP contribution in [-0.2, 0) is 7.05 Å². The van der Waals surface area contributed by atoms with Gasteiger partial charge in [0.1, 0.15) is 0 Å². The predicted molar refractivity (Wildman–Crippen MR) is 67.7 cm³/mol.